The lowest BCUT2D eigenvalue weighted by molar-refractivity contribution is -0.137. The monoisotopic (exact) mass is 452 g/mol. The molecule has 2 N–H and O–H groups in total. The molecule has 3 atom stereocenters. The Morgan fingerprint density at radius 1 is 1.15 bits per heavy atom. The molecule has 1 unspecified atom stereocenters. The summed E-state index contributed by atoms with van der Waals surface area (Å²) in [4.78, 5) is 11.1. The number of ether oxygens (including phenoxy) is 3. The van der Waals surface area contributed by atoms with Crippen molar-refractivity contribution in [2.75, 3.05) is 19.8 Å². The van der Waals surface area contributed by atoms with E-state index in [0.29, 0.717) is 18.3 Å². The first-order chi connectivity index (χ1) is 15.9. The molecule has 0 spiro atoms. The van der Waals surface area contributed by atoms with Crippen molar-refractivity contribution < 1.29 is 29.2 Å². The van der Waals surface area contributed by atoms with Gasteiger partial charge in [0.15, 0.2) is 0 Å². The third-order valence-electron chi connectivity index (χ3n) is 7.39. The summed E-state index contributed by atoms with van der Waals surface area (Å²) in [6, 6.07) is 11.9. The second kappa shape index (κ2) is 8.99. The van der Waals surface area contributed by atoms with E-state index in [1.165, 1.54) is 5.56 Å². The van der Waals surface area contributed by atoms with E-state index in [1.807, 2.05) is 31.2 Å². The summed E-state index contributed by atoms with van der Waals surface area (Å²) in [5, 5.41) is 20.5. The molecule has 3 aliphatic rings. The van der Waals surface area contributed by atoms with Gasteiger partial charge in [0.1, 0.15) is 17.6 Å². The second-order valence-electron chi connectivity index (χ2n) is 9.86. The highest BCUT2D eigenvalue weighted by Gasteiger charge is 2.35. The normalized spacial score (nSPS) is 23.9. The molecule has 0 amide bonds. The summed E-state index contributed by atoms with van der Waals surface area (Å²) in [5.74, 6) is 0.989. The average molecular weight is 453 g/mol. The molecule has 1 saturated heterocycles. The van der Waals surface area contributed by atoms with Crippen LogP contribution in [0.3, 0.4) is 0 Å². The molecule has 2 aromatic carbocycles. The molecule has 2 heterocycles. The molecular formula is C27H32O6. The lowest BCUT2D eigenvalue weighted by Gasteiger charge is -2.32. The van der Waals surface area contributed by atoms with Crippen LogP contribution in [0.15, 0.2) is 36.4 Å². The van der Waals surface area contributed by atoms with Gasteiger partial charge in [0.25, 0.3) is 0 Å². The van der Waals surface area contributed by atoms with Crippen molar-refractivity contribution in [1.29, 1.82) is 0 Å². The minimum absolute atomic E-state index is 0.0692. The molecule has 2 aliphatic heterocycles. The second-order valence-corrected chi connectivity index (χ2v) is 9.86. The van der Waals surface area contributed by atoms with Crippen molar-refractivity contribution in [1.82, 2.24) is 0 Å². The first-order valence-corrected chi connectivity index (χ1v) is 12.0. The van der Waals surface area contributed by atoms with Crippen LogP contribution in [0.25, 0.3) is 0 Å². The number of carboxylic acids is 1. The summed E-state index contributed by atoms with van der Waals surface area (Å²) in [7, 11) is 0. The van der Waals surface area contributed by atoms with Gasteiger partial charge in [-0.05, 0) is 67.7 Å². The Labute approximate surface area is 194 Å². The Kier molecular flexibility index (Phi) is 6.06. The number of fused-ring (bicyclic) bond motifs is 2. The lowest BCUT2D eigenvalue weighted by atomic mass is 9.80. The highest BCUT2D eigenvalue weighted by Crippen LogP contribution is 2.44. The SMILES string of the molecule is CC(O)(CC1CCOCC1)c1cccc2c1CC[C@H]2Oc1ccc2c(c1)OC[C@H]2CC(=O)O. The van der Waals surface area contributed by atoms with E-state index >= 15 is 0 Å². The molecule has 0 aromatic heterocycles. The Bertz CT molecular complexity index is 1020. The molecule has 0 bridgehead atoms. The highest BCUT2D eigenvalue weighted by atomic mass is 16.5. The van der Waals surface area contributed by atoms with E-state index in [9.17, 15) is 9.90 Å². The summed E-state index contributed by atoms with van der Waals surface area (Å²) in [6.07, 6.45) is 4.49. The first kappa shape index (κ1) is 22.2. The zero-order chi connectivity index (χ0) is 23.0. The molecule has 5 rings (SSSR count). The number of hydrogen-bond donors (Lipinski definition) is 2. The number of aliphatic hydroxyl groups is 1. The van der Waals surface area contributed by atoms with E-state index in [1.54, 1.807) is 0 Å². The average Bonchev–Trinajstić information content (AvgIpc) is 3.38. The predicted molar refractivity (Wildman–Crippen MR) is 123 cm³/mol. The van der Waals surface area contributed by atoms with Crippen LogP contribution in [-0.4, -0.2) is 36.0 Å². The Morgan fingerprint density at radius 3 is 2.76 bits per heavy atom. The minimum Gasteiger partial charge on any atom is -0.492 e. The minimum atomic E-state index is -0.872. The van der Waals surface area contributed by atoms with Gasteiger partial charge in [-0.15, -0.1) is 0 Å². The van der Waals surface area contributed by atoms with Gasteiger partial charge in [0, 0.05) is 30.8 Å². The number of hydrogen-bond acceptors (Lipinski definition) is 5. The van der Waals surface area contributed by atoms with Crippen LogP contribution in [0.4, 0.5) is 0 Å². The van der Waals surface area contributed by atoms with Gasteiger partial charge in [-0.3, -0.25) is 4.79 Å². The molecule has 6 nitrogen and oxygen atoms in total. The zero-order valence-electron chi connectivity index (χ0n) is 19.1. The maximum atomic E-state index is 11.4. The van der Waals surface area contributed by atoms with Crippen LogP contribution in [0, 0.1) is 5.92 Å². The molecule has 176 valence electrons. The van der Waals surface area contributed by atoms with E-state index < -0.39 is 11.6 Å². The summed E-state index contributed by atoms with van der Waals surface area (Å²) in [5.41, 5.74) is 3.43. The first-order valence-electron chi connectivity index (χ1n) is 12.0. The molecule has 2 aromatic rings. The van der Waals surface area contributed by atoms with Crippen molar-refractivity contribution in [2.24, 2.45) is 5.92 Å². The number of carbonyl (C=O) groups is 1. The molecule has 1 aliphatic carbocycles. The molecule has 1 fully saturated rings. The quantitative estimate of drug-likeness (QED) is 0.632. The predicted octanol–water partition coefficient (Wildman–Crippen LogP) is 4.73. The Morgan fingerprint density at radius 2 is 1.97 bits per heavy atom. The van der Waals surface area contributed by atoms with E-state index in [-0.39, 0.29) is 18.4 Å². The number of benzene rings is 2. The van der Waals surface area contributed by atoms with E-state index in [0.717, 1.165) is 67.8 Å². The van der Waals surface area contributed by atoms with Gasteiger partial charge in [0.2, 0.25) is 0 Å². The van der Waals surface area contributed by atoms with Crippen LogP contribution in [0.1, 0.15) is 73.3 Å². The smallest absolute Gasteiger partial charge is 0.304 e. The van der Waals surface area contributed by atoms with Gasteiger partial charge in [-0.1, -0.05) is 24.3 Å². The maximum absolute atomic E-state index is 11.4. The van der Waals surface area contributed by atoms with Crippen molar-refractivity contribution >= 4 is 5.97 Å². The van der Waals surface area contributed by atoms with Gasteiger partial charge >= 0.3 is 5.97 Å². The fraction of sp³-hybridized carbons (Fsp3) is 0.519. The van der Waals surface area contributed by atoms with Crippen LogP contribution in [-0.2, 0) is 21.6 Å². The number of rotatable bonds is 7. The molecule has 6 heteroatoms. The lowest BCUT2D eigenvalue weighted by Crippen LogP contribution is -2.29. The standard InChI is InChI=1S/C27H32O6/c1-27(30,15-17-9-11-31-12-10-17)23-4-2-3-22-21(23)7-8-24(22)33-19-5-6-20-18(13-26(28)29)16-32-25(20)14-19/h2-6,14,17-18,24,30H,7-13,15-16H2,1H3,(H,28,29)/t18-,24-,27?/m1/s1. The van der Waals surface area contributed by atoms with Gasteiger partial charge < -0.3 is 24.4 Å². The van der Waals surface area contributed by atoms with E-state index in [2.05, 4.69) is 12.1 Å². The fourth-order valence-electron chi connectivity index (χ4n) is 5.74. The maximum Gasteiger partial charge on any atom is 0.304 e. The molecule has 0 saturated carbocycles. The third-order valence-corrected chi connectivity index (χ3v) is 7.39. The Hall–Kier alpha value is -2.57. The van der Waals surface area contributed by atoms with Crippen molar-refractivity contribution in [3.05, 3.63) is 58.7 Å². The molecule has 33 heavy (non-hydrogen) atoms. The van der Waals surface area contributed by atoms with Gasteiger partial charge in [-0.25, -0.2) is 0 Å². The van der Waals surface area contributed by atoms with E-state index in [4.69, 9.17) is 19.3 Å². The summed E-state index contributed by atoms with van der Waals surface area (Å²) in [6.45, 7) is 3.90. The van der Waals surface area contributed by atoms with Gasteiger partial charge in [0.05, 0.1) is 18.6 Å². The zero-order valence-corrected chi connectivity index (χ0v) is 19.1. The Balaban J connectivity index is 1.32. The van der Waals surface area contributed by atoms with Crippen LogP contribution in [0.2, 0.25) is 0 Å². The van der Waals surface area contributed by atoms with Crippen LogP contribution >= 0.6 is 0 Å². The summed E-state index contributed by atoms with van der Waals surface area (Å²) < 4.78 is 17.6. The molecular weight excluding hydrogens is 420 g/mol. The summed E-state index contributed by atoms with van der Waals surface area (Å²) >= 11 is 0. The topological polar surface area (TPSA) is 85.2 Å². The van der Waals surface area contributed by atoms with Gasteiger partial charge in [-0.2, -0.15) is 0 Å². The third kappa shape index (κ3) is 4.59. The molecule has 0 radical (unpaired) electrons. The van der Waals surface area contributed by atoms with Crippen LogP contribution < -0.4 is 9.47 Å². The van der Waals surface area contributed by atoms with Crippen molar-refractivity contribution in [3.63, 3.8) is 0 Å². The fourth-order valence-corrected chi connectivity index (χ4v) is 5.74. The largest absolute Gasteiger partial charge is 0.492 e. The number of aliphatic carboxylic acids is 1. The highest BCUT2D eigenvalue weighted by molar-refractivity contribution is 5.68. The van der Waals surface area contributed by atoms with Crippen LogP contribution in [0.5, 0.6) is 11.5 Å². The number of carboxylic acid groups (broad SMARTS) is 1. The van der Waals surface area contributed by atoms with Crippen molar-refractivity contribution in [2.45, 2.75) is 63.1 Å². The van der Waals surface area contributed by atoms with Crippen molar-refractivity contribution in [3.8, 4) is 11.5 Å².